The van der Waals surface area contributed by atoms with Crippen molar-refractivity contribution in [1.29, 1.82) is 0 Å². The summed E-state index contributed by atoms with van der Waals surface area (Å²) in [6.07, 6.45) is 1.62. The van der Waals surface area contributed by atoms with Crippen LogP contribution < -0.4 is 9.47 Å². The lowest BCUT2D eigenvalue weighted by Gasteiger charge is -2.33. The largest absolute Gasteiger partial charge is 0.744 e. The quantitative estimate of drug-likeness (QED) is 0.0161. The number of nitrogens with zero attached hydrogens (tertiary/aromatic N) is 2. The van der Waals surface area contributed by atoms with Crippen LogP contribution in [0.1, 0.15) is 55.8 Å². The monoisotopic (exact) mass is 1060 g/mol. The van der Waals surface area contributed by atoms with Gasteiger partial charge >= 0.3 is 0 Å². The number of benzene rings is 6. The van der Waals surface area contributed by atoms with Crippen LogP contribution in [-0.2, 0) is 24.4 Å². The molecule has 18 heteroatoms. The number of aliphatic hydroxyl groups is 4. The SMILES string of the molecule is COS(=O)(=O)c1ccc(C)cc1.C[N+](CCO)(CCO)CCCOc1ccc(C(=O)c2ccccc2)cc1.Cc1ccc(S(=O)(=O)[O-])cc1.O=C(c1ccccc1)c1ccc(OCCCN(CCO)CCO)cc1. The number of rotatable bonds is 25. The van der Waals surface area contributed by atoms with Crippen LogP contribution in [0.15, 0.2) is 168 Å². The summed E-state index contributed by atoms with van der Waals surface area (Å²) in [5.41, 5.74) is 4.56. The highest BCUT2D eigenvalue weighted by molar-refractivity contribution is 7.86. The minimum Gasteiger partial charge on any atom is -0.744 e. The number of carbonyl (C=O) groups excluding carboxylic acids is 2. The molecule has 0 aliphatic heterocycles. The van der Waals surface area contributed by atoms with Gasteiger partial charge in [-0.05, 0) is 93.1 Å². The molecule has 0 fully saturated rings. The van der Waals surface area contributed by atoms with Crippen LogP contribution in [0.4, 0.5) is 0 Å². The van der Waals surface area contributed by atoms with E-state index in [1.165, 1.54) is 24.3 Å². The highest BCUT2D eigenvalue weighted by Gasteiger charge is 2.20. The molecular weight excluding hydrogens is 989 g/mol. The molecule has 6 aromatic rings. The molecule has 4 N–H and O–H groups in total. The maximum absolute atomic E-state index is 12.4. The van der Waals surface area contributed by atoms with Crippen LogP contribution >= 0.6 is 0 Å². The topological polar surface area (TPSA) is 237 Å². The lowest BCUT2D eigenvalue weighted by Crippen LogP contribution is -2.49. The lowest BCUT2D eigenvalue weighted by atomic mass is 10.0. The molecular formula is C56H70N2O14S2. The van der Waals surface area contributed by atoms with Gasteiger partial charge in [0.25, 0.3) is 10.1 Å². The molecule has 6 aromatic carbocycles. The van der Waals surface area contributed by atoms with E-state index in [0.717, 1.165) is 55.7 Å². The van der Waals surface area contributed by atoms with E-state index >= 15 is 0 Å². The summed E-state index contributed by atoms with van der Waals surface area (Å²) in [5, 5.41) is 36.3. The van der Waals surface area contributed by atoms with E-state index in [9.17, 15) is 31.0 Å². The summed E-state index contributed by atoms with van der Waals surface area (Å²) in [5.74, 6) is 1.45. The molecule has 0 aromatic heterocycles. The normalized spacial score (nSPS) is 11.2. The second-order valence-corrected chi connectivity index (χ2v) is 20.2. The second-order valence-electron chi connectivity index (χ2n) is 17.1. The van der Waals surface area contributed by atoms with Crippen LogP contribution in [0.5, 0.6) is 11.5 Å². The maximum atomic E-state index is 12.4. The van der Waals surface area contributed by atoms with E-state index in [-0.39, 0.29) is 47.8 Å². The van der Waals surface area contributed by atoms with Crippen molar-refractivity contribution in [1.82, 2.24) is 4.90 Å². The first-order valence-electron chi connectivity index (χ1n) is 23.9. The number of hydrogen-bond donors (Lipinski definition) is 4. The van der Waals surface area contributed by atoms with Gasteiger partial charge in [-0.15, -0.1) is 0 Å². The standard InChI is InChI=1S/C21H28NO4.C20H25NO4.C8H10O3S.C7H8O3S/c1-22(13-15-23,14-16-24)12-5-17-26-20-10-8-19(9-11-20)21(25)18-6-3-2-4-7-18;22-14-12-21(13-15-23)11-4-16-25-19-9-7-18(8-10-19)20(24)17-5-2-1-3-6-17;1-7-3-5-8(6-4-7)12(9,10)11-2;1-6-2-4-7(5-3-6)11(8,9)10/h2-4,6-11,23-24H,5,12-17H2,1H3;1-3,5-10,22-23H,4,11-16H2;3-6H,1-2H3;2-5H,1H3,(H,8,9,10)/q+1;;;/p-1. The predicted octanol–water partition coefficient (Wildman–Crippen LogP) is 6.32. The molecule has 0 amide bonds. The Kier molecular flexibility index (Phi) is 27.6. The van der Waals surface area contributed by atoms with Gasteiger partial charge in [0.05, 0.1) is 70.1 Å². The Bertz CT molecular complexity index is 2730. The molecule has 0 saturated heterocycles. The van der Waals surface area contributed by atoms with Crippen molar-refractivity contribution in [3.63, 3.8) is 0 Å². The van der Waals surface area contributed by atoms with Gasteiger partial charge in [0.15, 0.2) is 11.6 Å². The van der Waals surface area contributed by atoms with Crippen LogP contribution in [0.2, 0.25) is 0 Å². The van der Waals surface area contributed by atoms with Crippen LogP contribution in [0.25, 0.3) is 0 Å². The fraction of sp³-hybridized carbons (Fsp3) is 0.321. The van der Waals surface area contributed by atoms with Crippen molar-refractivity contribution in [2.75, 3.05) is 93.1 Å². The molecule has 0 radical (unpaired) electrons. The number of hydrogen-bond acceptors (Lipinski definition) is 15. The fourth-order valence-electron chi connectivity index (χ4n) is 6.97. The third-order valence-electron chi connectivity index (χ3n) is 11.3. The van der Waals surface area contributed by atoms with Crippen molar-refractivity contribution in [2.24, 2.45) is 0 Å². The third kappa shape index (κ3) is 22.9. The first kappa shape index (κ1) is 62.1. The van der Waals surface area contributed by atoms with E-state index in [4.69, 9.17) is 29.9 Å². The van der Waals surface area contributed by atoms with Crippen molar-refractivity contribution in [3.05, 3.63) is 191 Å². The van der Waals surface area contributed by atoms with Gasteiger partial charge in [0, 0.05) is 48.3 Å². The van der Waals surface area contributed by atoms with Gasteiger partial charge in [0.1, 0.15) is 34.7 Å². The zero-order valence-corrected chi connectivity index (χ0v) is 44.1. The molecule has 74 heavy (non-hydrogen) atoms. The Labute approximate surface area is 436 Å². The Morgan fingerprint density at radius 2 is 0.878 bits per heavy atom. The van der Waals surface area contributed by atoms with Gasteiger partial charge in [-0.25, -0.2) is 8.42 Å². The Balaban J connectivity index is 0.000000278. The van der Waals surface area contributed by atoms with Crippen molar-refractivity contribution >= 4 is 31.8 Å². The molecule has 0 unspecified atom stereocenters. The van der Waals surface area contributed by atoms with Crippen molar-refractivity contribution < 1.29 is 69.5 Å². The van der Waals surface area contributed by atoms with Gasteiger partial charge in [-0.3, -0.25) is 18.7 Å². The number of quaternary nitrogens is 1. The molecule has 0 bridgehead atoms. The first-order chi connectivity index (χ1) is 35.4. The highest BCUT2D eigenvalue weighted by atomic mass is 32.2. The minimum absolute atomic E-state index is 0.00164. The zero-order chi connectivity index (χ0) is 54.4. The Hall–Kier alpha value is -6.16. The van der Waals surface area contributed by atoms with E-state index < -0.39 is 20.2 Å². The fourth-order valence-corrected chi connectivity index (χ4v) is 8.11. The summed E-state index contributed by atoms with van der Waals surface area (Å²) < 4.78 is 69.7. The number of carbonyl (C=O) groups is 2. The zero-order valence-electron chi connectivity index (χ0n) is 42.5. The van der Waals surface area contributed by atoms with E-state index in [2.05, 4.69) is 4.18 Å². The van der Waals surface area contributed by atoms with Crippen molar-refractivity contribution in [2.45, 2.75) is 36.5 Å². The summed E-state index contributed by atoms with van der Waals surface area (Å²) in [4.78, 5) is 26.7. The average Bonchev–Trinajstić information content (AvgIpc) is 3.40. The van der Waals surface area contributed by atoms with Gasteiger partial charge < -0.3 is 38.9 Å². The Morgan fingerprint density at radius 1 is 0.500 bits per heavy atom. The number of aliphatic hydroxyl groups excluding tert-OH is 4. The number of ketones is 2. The van der Waals surface area contributed by atoms with Crippen molar-refractivity contribution in [3.8, 4) is 11.5 Å². The predicted molar refractivity (Wildman–Crippen MR) is 283 cm³/mol. The molecule has 0 saturated carbocycles. The van der Waals surface area contributed by atoms with E-state index in [0.29, 0.717) is 66.1 Å². The average molecular weight is 1060 g/mol. The molecule has 16 nitrogen and oxygen atoms in total. The number of aryl methyl sites for hydroxylation is 2. The molecule has 0 aliphatic rings. The van der Waals surface area contributed by atoms with Crippen LogP contribution in [0, 0.1) is 13.8 Å². The van der Waals surface area contributed by atoms with E-state index in [1.807, 2.05) is 74.3 Å². The smallest absolute Gasteiger partial charge is 0.296 e. The second kappa shape index (κ2) is 32.9. The van der Waals surface area contributed by atoms with Gasteiger partial charge in [-0.2, -0.15) is 8.42 Å². The minimum atomic E-state index is -4.27. The molecule has 0 spiro atoms. The van der Waals surface area contributed by atoms with Crippen LogP contribution in [0.3, 0.4) is 0 Å². The number of likely N-dealkylation sites (N-methyl/N-ethyl adjacent to an activating group) is 1. The van der Waals surface area contributed by atoms with Crippen LogP contribution in [-0.4, -0.2) is 156 Å². The molecule has 400 valence electrons. The summed E-state index contributed by atoms with van der Waals surface area (Å²) in [6.45, 7) is 9.11. The molecule has 6 rings (SSSR count). The first-order valence-corrected chi connectivity index (χ1v) is 26.7. The van der Waals surface area contributed by atoms with E-state index in [1.54, 1.807) is 84.9 Å². The third-order valence-corrected chi connectivity index (χ3v) is 13.4. The number of ether oxygens (including phenoxy) is 2. The molecule has 0 aliphatic carbocycles. The lowest BCUT2D eigenvalue weighted by molar-refractivity contribution is -0.910. The Morgan fingerprint density at radius 3 is 1.24 bits per heavy atom. The van der Waals surface area contributed by atoms with Gasteiger partial charge in [-0.1, -0.05) is 96.1 Å². The maximum Gasteiger partial charge on any atom is 0.296 e. The summed E-state index contributed by atoms with van der Waals surface area (Å²) in [6, 6.07) is 45.0. The van der Waals surface area contributed by atoms with Gasteiger partial charge in [0.2, 0.25) is 0 Å². The summed E-state index contributed by atoms with van der Waals surface area (Å²) >= 11 is 0. The summed E-state index contributed by atoms with van der Waals surface area (Å²) in [7, 11) is -4.61. The highest BCUT2D eigenvalue weighted by Crippen LogP contribution is 2.18. The molecule has 0 atom stereocenters. The molecule has 0 heterocycles.